The summed E-state index contributed by atoms with van der Waals surface area (Å²) in [7, 11) is 0. The maximum absolute atomic E-state index is 11.4. The fraction of sp³-hybridized carbons (Fsp3) is 0.769. The fourth-order valence-electron chi connectivity index (χ4n) is 1.76. The molecule has 1 fully saturated rings. The summed E-state index contributed by atoms with van der Waals surface area (Å²) >= 11 is 0. The van der Waals surface area contributed by atoms with Gasteiger partial charge >= 0.3 is 0 Å². The molecule has 0 atom stereocenters. The lowest BCUT2D eigenvalue weighted by Gasteiger charge is -2.22. The van der Waals surface area contributed by atoms with Crippen LogP contribution in [-0.2, 0) is 9.53 Å². The monoisotopic (exact) mass is 238 g/mol. The lowest BCUT2D eigenvalue weighted by atomic mass is 10.1. The Morgan fingerprint density at radius 2 is 2.24 bits per heavy atom. The second-order valence-corrected chi connectivity index (χ2v) is 4.10. The van der Waals surface area contributed by atoms with E-state index < -0.39 is 0 Å². The molecule has 1 aliphatic heterocycles. The zero-order valence-electron chi connectivity index (χ0n) is 10.6. The largest absolute Gasteiger partial charge is 0.378 e. The van der Waals surface area contributed by atoms with Crippen LogP contribution in [0.15, 0.2) is 0 Å². The van der Waals surface area contributed by atoms with Crippen LogP contribution in [0, 0.1) is 11.8 Å². The van der Waals surface area contributed by atoms with E-state index in [-0.39, 0.29) is 5.91 Å². The van der Waals surface area contributed by atoms with Crippen molar-refractivity contribution in [1.29, 1.82) is 0 Å². The third-order valence-corrected chi connectivity index (χ3v) is 2.72. The number of carbonyl (C=O) groups is 1. The van der Waals surface area contributed by atoms with Crippen molar-refractivity contribution in [2.45, 2.75) is 38.7 Å². The zero-order chi connectivity index (χ0) is 12.3. The van der Waals surface area contributed by atoms with E-state index in [0.29, 0.717) is 25.7 Å². The van der Waals surface area contributed by atoms with E-state index in [1.807, 2.05) is 0 Å². The van der Waals surface area contributed by atoms with Crippen molar-refractivity contribution in [2.24, 2.45) is 0 Å². The SMILES string of the molecule is CC#CCCNC(=O)CCOC1CCNCC1. The third-order valence-electron chi connectivity index (χ3n) is 2.72. The predicted octanol–water partition coefficient (Wildman–Crippen LogP) is 0.675. The van der Waals surface area contributed by atoms with Gasteiger partial charge in [0.25, 0.3) is 0 Å². The van der Waals surface area contributed by atoms with E-state index >= 15 is 0 Å². The van der Waals surface area contributed by atoms with Crippen molar-refractivity contribution in [3.05, 3.63) is 0 Å². The summed E-state index contributed by atoms with van der Waals surface area (Å²) in [5.74, 6) is 5.76. The van der Waals surface area contributed by atoms with Crippen molar-refractivity contribution in [1.82, 2.24) is 10.6 Å². The standard InChI is InChI=1S/C13H22N2O2/c1-2-3-4-8-15-13(16)7-11-17-12-5-9-14-10-6-12/h12,14H,4-11H2,1H3,(H,15,16). The molecular formula is C13H22N2O2. The Labute approximate surface area is 103 Å². The molecule has 0 spiro atoms. The van der Waals surface area contributed by atoms with Gasteiger partial charge in [0.2, 0.25) is 5.91 Å². The summed E-state index contributed by atoms with van der Waals surface area (Å²) in [5, 5.41) is 6.10. The Morgan fingerprint density at radius 1 is 1.47 bits per heavy atom. The van der Waals surface area contributed by atoms with Gasteiger partial charge in [0.15, 0.2) is 0 Å². The third kappa shape index (κ3) is 6.98. The minimum atomic E-state index is 0.0526. The van der Waals surface area contributed by atoms with Crippen LogP contribution in [0.4, 0.5) is 0 Å². The molecule has 4 heteroatoms. The van der Waals surface area contributed by atoms with Gasteiger partial charge in [-0.1, -0.05) is 0 Å². The van der Waals surface area contributed by atoms with E-state index in [4.69, 9.17) is 4.74 Å². The molecule has 1 saturated heterocycles. The molecule has 1 amide bonds. The van der Waals surface area contributed by atoms with Crippen LogP contribution in [0.2, 0.25) is 0 Å². The number of hydrogen-bond acceptors (Lipinski definition) is 3. The lowest BCUT2D eigenvalue weighted by Crippen LogP contribution is -2.33. The molecule has 0 aromatic rings. The molecule has 0 saturated carbocycles. The summed E-state index contributed by atoms with van der Waals surface area (Å²) in [6, 6.07) is 0. The van der Waals surface area contributed by atoms with E-state index in [9.17, 15) is 4.79 Å². The highest BCUT2D eigenvalue weighted by atomic mass is 16.5. The van der Waals surface area contributed by atoms with Crippen molar-refractivity contribution < 1.29 is 9.53 Å². The molecule has 2 N–H and O–H groups in total. The van der Waals surface area contributed by atoms with Crippen LogP contribution < -0.4 is 10.6 Å². The first-order valence-corrected chi connectivity index (χ1v) is 6.31. The Bertz CT molecular complexity index is 275. The molecule has 1 rings (SSSR count). The van der Waals surface area contributed by atoms with Gasteiger partial charge in [0.1, 0.15) is 0 Å². The molecule has 0 unspecified atom stereocenters. The van der Waals surface area contributed by atoms with Crippen molar-refractivity contribution >= 4 is 5.91 Å². The Hall–Kier alpha value is -1.05. The first-order valence-electron chi connectivity index (χ1n) is 6.31. The molecule has 1 aliphatic rings. The molecule has 0 aromatic carbocycles. The first-order chi connectivity index (χ1) is 8.33. The minimum absolute atomic E-state index is 0.0526. The Kier molecular flexibility index (Phi) is 7.44. The topological polar surface area (TPSA) is 50.4 Å². The van der Waals surface area contributed by atoms with Crippen LogP contribution in [0.1, 0.15) is 32.6 Å². The van der Waals surface area contributed by atoms with Gasteiger partial charge in [-0.05, 0) is 32.9 Å². The average Bonchev–Trinajstić information content (AvgIpc) is 2.36. The average molecular weight is 238 g/mol. The molecule has 1 heterocycles. The minimum Gasteiger partial charge on any atom is -0.378 e. The first kappa shape index (κ1) is 14.0. The van der Waals surface area contributed by atoms with Crippen molar-refractivity contribution in [3.8, 4) is 11.8 Å². The summed E-state index contributed by atoms with van der Waals surface area (Å²) < 4.78 is 5.65. The van der Waals surface area contributed by atoms with Crippen molar-refractivity contribution in [3.63, 3.8) is 0 Å². The number of carbonyl (C=O) groups excluding carboxylic acids is 1. The van der Waals surface area contributed by atoms with E-state index in [1.54, 1.807) is 6.92 Å². The number of hydrogen-bond donors (Lipinski definition) is 2. The van der Waals surface area contributed by atoms with Crippen LogP contribution in [0.3, 0.4) is 0 Å². The molecule has 0 radical (unpaired) electrons. The lowest BCUT2D eigenvalue weighted by molar-refractivity contribution is -0.122. The van der Waals surface area contributed by atoms with Gasteiger partial charge in [-0.15, -0.1) is 11.8 Å². The molecule has 0 aliphatic carbocycles. The van der Waals surface area contributed by atoms with Gasteiger partial charge in [0.05, 0.1) is 12.7 Å². The fourth-order valence-corrected chi connectivity index (χ4v) is 1.76. The van der Waals surface area contributed by atoms with Crippen LogP contribution in [-0.4, -0.2) is 38.3 Å². The summed E-state index contributed by atoms with van der Waals surface area (Å²) in [6.45, 7) is 5.00. The van der Waals surface area contributed by atoms with Gasteiger partial charge < -0.3 is 15.4 Å². The number of ether oxygens (including phenoxy) is 1. The number of amides is 1. The molecular weight excluding hydrogens is 216 g/mol. The highest BCUT2D eigenvalue weighted by Gasteiger charge is 2.13. The van der Waals surface area contributed by atoms with E-state index in [1.165, 1.54) is 0 Å². The predicted molar refractivity (Wildman–Crippen MR) is 67.5 cm³/mol. The van der Waals surface area contributed by atoms with Gasteiger partial charge in [-0.3, -0.25) is 4.79 Å². The highest BCUT2D eigenvalue weighted by Crippen LogP contribution is 2.07. The molecule has 17 heavy (non-hydrogen) atoms. The van der Waals surface area contributed by atoms with Crippen molar-refractivity contribution in [2.75, 3.05) is 26.2 Å². The Balaban J connectivity index is 1.96. The highest BCUT2D eigenvalue weighted by molar-refractivity contribution is 5.75. The van der Waals surface area contributed by atoms with Crippen LogP contribution >= 0.6 is 0 Å². The smallest absolute Gasteiger partial charge is 0.222 e. The second kappa shape index (κ2) is 9.03. The van der Waals surface area contributed by atoms with Crippen LogP contribution in [0.5, 0.6) is 0 Å². The maximum atomic E-state index is 11.4. The Morgan fingerprint density at radius 3 is 2.94 bits per heavy atom. The summed E-state index contributed by atoms with van der Waals surface area (Å²) in [5.41, 5.74) is 0. The molecule has 96 valence electrons. The van der Waals surface area contributed by atoms with E-state index in [0.717, 1.165) is 32.4 Å². The number of piperidine rings is 1. The molecule has 4 nitrogen and oxygen atoms in total. The normalized spacial score (nSPS) is 16.1. The second-order valence-electron chi connectivity index (χ2n) is 4.10. The maximum Gasteiger partial charge on any atom is 0.222 e. The van der Waals surface area contributed by atoms with Gasteiger partial charge in [0, 0.05) is 19.4 Å². The van der Waals surface area contributed by atoms with E-state index in [2.05, 4.69) is 22.5 Å². The molecule has 0 aromatic heterocycles. The van der Waals surface area contributed by atoms with Gasteiger partial charge in [-0.25, -0.2) is 0 Å². The summed E-state index contributed by atoms with van der Waals surface area (Å²) in [4.78, 5) is 11.4. The van der Waals surface area contributed by atoms with Gasteiger partial charge in [-0.2, -0.15) is 0 Å². The summed E-state index contributed by atoms with van der Waals surface area (Å²) in [6.07, 6.45) is 3.59. The van der Waals surface area contributed by atoms with Crippen LogP contribution in [0.25, 0.3) is 0 Å². The quantitative estimate of drug-likeness (QED) is 0.528. The molecule has 0 bridgehead atoms. The number of rotatable bonds is 6. The zero-order valence-corrected chi connectivity index (χ0v) is 10.6. The number of nitrogens with one attached hydrogen (secondary N) is 2.